The van der Waals surface area contributed by atoms with Gasteiger partial charge in [-0.05, 0) is 24.6 Å². The summed E-state index contributed by atoms with van der Waals surface area (Å²) in [5.74, 6) is -2.41. The molecular weight excluding hydrogens is 250 g/mol. The number of hydrogen-bond acceptors (Lipinski definition) is 4. The molecule has 0 bridgehead atoms. The summed E-state index contributed by atoms with van der Waals surface area (Å²) >= 11 is 0. The third kappa shape index (κ3) is 4.66. The maximum Gasteiger partial charge on any atom is 0.326 e. The van der Waals surface area contributed by atoms with E-state index in [4.69, 9.17) is 16.6 Å². The Bertz CT molecular complexity index is 502. The van der Waals surface area contributed by atoms with Gasteiger partial charge in [0.1, 0.15) is 6.04 Å². The number of carbonyl (C=O) groups is 3. The predicted octanol–water partition coefficient (Wildman–Crippen LogP) is -0.283. The van der Waals surface area contributed by atoms with Crippen molar-refractivity contribution in [3.05, 3.63) is 29.8 Å². The second-order valence-corrected chi connectivity index (χ2v) is 3.99. The van der Waals surface area contributed by atoms with E-state index in [2.05, 4.69) is 5.32 Å². The van der Waals surface area contributed by atoms with Crippen molar-refractivity contribution in [2.24, 2.45) is 5.73 Å². The summed E-state index contributed by atoms with van der Waals surface area (Å²) < 4.78 is 0. The Balaban J connectivity index is 2.71. The summed E-state index contributed by atoms with van der Waals surface area (Å²) in [6.45, 7) is 0. The van der Waals surface area contributed by atoms with Crippen LogP contribution in [-0.2, 0) is 9.59 Å². The maximum atomic E-state index is 11.8. The van der Waals surface area contributed by atoms with Crippen LogP contribution in [0.4, 0.5) is 5.69 Å². The Hall–Kier alpha value is -2.57. The van der Waals surface area contributed by atoms with Crippen molar-refractivity contribution >= 4 is 23.5 Å². The number of carboxylic acids is 1. The summed E-state index contributed by atoms with van der Waals surface area (Å²) in [5, 5.41) is 11.3. The summed E-state index contributed by atoms with van der Waals surface area (Å²) in [6, 6.07) is 4.98. The van der Waals surface area contributed by atoms with Gasteiger partial charge in [0.2, 0.25) is 5.91 Å². The molecule has 0 fully saturated rings. The van der Waals surface area contributed by atoms with E-state index >= 15 is 0 Å². The number of amides is 2. The van der Waals surface area contributed by atoms with E-state index in [0.29, 0.717) is 5.69 Å². The largest absolute Gasteiger partial charge is 0.480 e. The van der Waals surface area contributed by atoms with Gasteiger partial charge in [0.25, 0.3) is 5.91 Å². The molecule has 1 aromatic carbocycles. The molecule has 0 aliphatic heterocycles. The quantitative estimate of drug-likeness (QED) is 0.524. The van der Waals surface area contributed by atoms with E-state index in [1.54, 1.807) is 12.1 Å². The van der Waals surface area contributed by atoms with Crippen LogP contribution >= 0.6 is 0 Å². The van der Waals surface area contributed by atoms with Gasteiger partial charge in [-0.3, -0.25) is 9.59 Å². The van der Waals surface area contributed by atoms with Gasteiger partial charge in [0.05, 0.1) is 0 Å². The Morgan fingerprint density at radius 2 is 2.00 bits per heavy atom. The normalized spacial score (nSPS) is 11.6. The van der Waals surface area contributed by atoms with Crippen LogP contribution in [0.3, 0.4) is 0 Å². The number of hydrogen-bond donors (Lipinski definition) is 4. The number of carboxylic acid groups (broad SMARTS) is 1. The zero-order valence-corrected chi connectivity index (χ0v) is 10.1. The first-order chi connectivity index (χ1) is 8.90. The Morgan fingerprint density at radius 3 is 2.53 bits per heavy atom. The summed E-state index contributed by atoms with van der Waals surface area (Å²) in [4.78, 5) is 33.4. The number of benzene rings is 1. The van der Waals surface area contributed by atoms with E-state index in [0.717, 1.165) is 0 Å². The van der Waals surface area contributed by atoms with Crippen molar-refractivity contribution in [1.82, 2.24) is 5.32 Å². The van der Waals surface area contributed by atoms with Gasteiger partial charge in [-0.2, -0.15) is 0 Å². The number of nitrogens with one attached hydrogen (secondary N) is 1. The third-order valence-electron chi connectivity index (χ3n) is 2.43. The van der Waals surface area contributed by atoms with Crippen molar-refractivity contribution in [1.29, 1.82) is 0 Å². The zero-order chi connectivity index (χ0) is 14.4. The molecule has 7 nitrogen and oxygen atoms in total. The second-order valence-electron chi connectivity index (χ2n) is 3.99. The van der Waals surface area contributed by atoms with Crippen molar-refractivity contribution in [2.45, 2.75) is 18.9 Å². The van der Waals surface area contributed by atoms with Crippen LogP contribution in [0.5, 0.6) is 0 Å². The highest BCUT2D eigenvalue weighted by Gasteiger charge is 2.21. The van der Waals surface area contributed by atoms with Gasteiger partial charge in [-0.15, -0.1) is 0 Å². The number of aliphatic carboxylic acids is 1. The van der Waals surface area contributed by atoms with Crippen molar-refractivity contribution < 1.29 is 19.5 Å². The molecule has 0 aliphatic rings. The van der Waals surface area contributed by atoms with Crippen LogP contribution in [0, 0.1) is 0 Å². The van der Waals surface area contributed by atoms with Gasteiger partial charge in [0, 0.05) is 17.7 Å². The lowest BCUT2D eigenvalue weighted by molar-refractivity contribution is -0.139. The van der Waals surface area contributed by atoms with Gasteiger partial charge < -0.3 is 21.9 Å². The number of nitrogens with two attached hydrogens (primary N) is 2. The average Bonchev–Trinajstić information content (AvgIpc) is 2.33. The van der Waals surface area contributed by atoms with E-state index in [9.17, 15) is 14.4 Å². The minimum absolute atomic E-state index is 0.0568. The number of rotatable bonds is 6. The topological polar surface area (TPSA) is 136 Å². The molecule has 19 heavy (non-hydrogen) atoms. The first-order valence-electron chi connectivity index (χ1n) is 5.57. The molecule has 1 aromatic rings. The fraction of sp³-hybridized carbons (Fsp3) is 0.250. The molecule has 1 atom stereocenters. The molecule has 0 aromatic heterocycles. The monoisotopic (exact) mass is 265 g/mol. The van der Waals surface area contributed by atoms with Crippen LogP contribution in [0.15, 0.2) is 24.3 Å². The van der Waals surface area contributed by atoms with Gasteiger partial charge in [0.15, 0.2) is 0 Å². The number of nitrogen functional groups attached to an aromatic ring is 1. The molecule has 0 heterocycles. The maximum absolute atomic E-state index is 11.8. The minimum atomic E-state index is -1.22. The van der Waals surface area contributed by atoms with E-state index in [1.165, 1.54) is 12.1 Å². The number of primary amides is 1. The Morgan fingerprint density at radius 1 is 1.32 bits per heavy atom. The number of carbonyl (C=O) groups excluding carboxylic acids is 2. The second kappa shape index (κ2) is 6.39. The Kier molecular flexibility index (Phi) is 4.87. The molecule has 2 amide bonds. The van der Waals surface area contributed by atoms with Crippen LogP contribution in [-0.4, -0.2) is 28.9 Å². The van der Waals surface area contributed by atoms with Crippen molar-refractivity contribution in [3.63, 3.8) is 0 Å². The first-order valence-corrected chi connectivity index (χ1v) is 5.57. The molecule has 0 radical (unpaired) electrons. The summed E-state index contributed by atoms with van der Waals surface area (Å²) in [7, 11) is 0. The third-order valence-corrected chi connectivity index (χ3v) is 2.43. The fourth-order valence-electron chi connectivity index (χ4n) is 1.47. The van der Waals surface area contributed by atoms with E-state index in [1.807, 2.05) is 0 Å². The van der Waals surface area contributed by atoms with Gasteiger partial charge >= 0.3 is 5.97 Å². The molecule has 0 spiro atoms. The minimum Gasteiger partial charge on any atom is -0.480 e. The van der Waals surface area contributed by atoms with Crippen LogP contribution < -0.4 is 16.8 Å². The van der Waals surface area contributed by atoms with Crippen LogP contribution in [0.1, 0.15) is 23.2 Å². The lowest BCUT2D eigenvalue weighted by Gasteiger charge is -2.13. The molecule has 6 N–H and O–H groups in total. The highest BCUT2D eigenvalue weighted by molar-refractivity contribution is 5.97. The molecule has 1 rings (SSSR count). The van der Waals surface area contributed by atoms with Crippen molar-refractivity contribution in [3.8, 4) is 0 Å². The summed E-state index contributed by atoms with van der Waals surface area (Å²) in [6.07, 6.45) is -0.174. The average molecular weight is 265 g/mol. The lowest BCUT2D eigenvalue weighted by Crippen LogP contribution is -2.41. The molecule has 102 valence electrons. The molecule has 0 saturated carbocycles. The van der Waals surface area contributed by atoms with Crippen LogP contribution in [0.25, 0.3) is 0 Å². The van der Waals surface area contributed by atoms with E-state index < -0.39 is 23.8 Å². The molecule has 0 saturated heterocycles. The Labute approximate surface area is 109 Å². The van der Waals surface area contributed by atoms with Gasteiger partial charge in [-0.25, -0.2) is 4.79 Å². The predicted molar refractivity (Wildman–Crippen MR) is 68.2 cm³/mol. The smallest absolute Gasteiger partial charge is 0.326 e. The lowest BCUT2D eigenvalue weighted by atomic mass is 10.1. The highest BCUT2D eigenvalue weighted by Crippen LogP contribution is 2.07. The number of anilines is 1. The van der Waals surface area contributed by atoms with Gasteiger partial charge in [-0.1, -0.05) is 6.07 Å². The van der Waals surface area contributed by atoms with Crippen LogP contribution in [0.2, 0.25) is 0 Å². The molecule has 1 unspecified atom stereocenters. The highest BCUT2D eigenvalue weighted by atomic mass is 16.4. The zero-order valence-electron chi connectivity index (χ0n) is 10.1. The standard InChI is InChI=1S/C12H15N3O4/c13-8-3-1-2-7(6-8)11(17)15-9(12(18)19)4-5-10(14)16/h1-3,6,9H,4-5,13H2,(H2,14,16)(H,15,17)(H,18,19). The SMILES string of the molecule is NC(=O)CCC(NC(=O)c1cccc(N)c1)C(=O)O. The molecule has 7 heteroatoms. The van der Waals surface area contributed by atoms with Crippen molar-refractivity contribution in [2.75, 3.05) is 5.73 Å². The summed E-state index contributed by atoms with van der Waals surface area (Å²) in [5.41, 5.74) is 11.1. The molecule has 0 aliphatic carbocycles. The first kappa shape index (κ1) is 14.5. The van der Waals surface area contributed by atoms with E-state index in [-0.39, 0.29) is 18.4 Å². The molecular formula is C12H15N3O4. The fourth-order valence-corrected chi connectivity index (χ4v) is 1.47.